The molecular formula is C58H40N2. The molecule has 0 bridgehead atoms. The van der Waals surface area contributed by atoms with Gasteiger partial charge in [-0.15, -0.1) is 0 Å². The van der Waals surface area contributed by atoms with Crippen molar-refractivity contribution in [2.45, 2.75) is 0 Å². The molecule has 2 nitrogen and oxygen atoms in total. The number of benzene rings is 10. The highest BCUT2D eigenvalue weighted by molar-refractivity contribution is 6.09. The highest BCUT2D eigenvalue weighted by atomic mass is 15.1. The third kappa shape index (κ3) is 6.14. The first-order valence-electron chi connectivity index (χ1n) is 20.6. The Bertz CT molecular complexity index is 3250. The second-order valence-electron chi connectivity index (χ2n) is 15.3. The normalized spacial score (nSPS) is 11.3. The lowest BCUT2D eigenvalue weighted by Gasteiger charge is -2.29. The molecule has 0 aliphatic carbocycles. The molecule has 0 fully saturated rings. The van der Waals surface area contributed by atoms with E-state index in [0.29, 0.717) is 0 Å². The number of para-hydroxylation sites is 3. The van der Waals surface area contributed by atoms with Crippen molar-refractivity contribution in [2.24, 2.45) is 0 Å². The number of hydrogen-bond acceptors (Lipinski definition) is 1. The zero-order chi connectivity index (χ0) is 39.8. The van der Waals surface area contributed by atoms with Crippen molar-refractivity contribution in [3.05, 3.63) is 243 Å². The van der Waals surface area contributed by atoms with Crippen LogP contribution in [0.25, 0.3) is 82.8 Å². The molecule has 0 unspecified atom stereocenters. The zero-order valence-corrected chi connectivity index (χ0v) is 33.0. The van der Waals surface area contributed by atoms with Gasteiger partial charge < -0.3 is 9.47 Å². The Hall–Kier alpha value is -7.94. The second-order valence-corrected chi connectivity index (χ2v) is 15.3. The van der Waals surface area contributed by atoms with E-state index in [2.05, 4.69) is 252 Å². The van der Waals surface area contributed by atoms with Crippen LogP contribution in [0.15, 0.2) is 243 Å². The van der Waals surface area contributed by atoms with E-state index in [1.165, 1.54) is 71.5 Å². The molecule has 1 aromatic heterocycles. The fourth-order valence-corrected chi connectivity index (χ4v) is 9.09. The third-order valence-corrected chi connectivity index (χ3v) is 11.8. The molecule has 60 heavy (non-hydrogen) atoms. The van der Waals surface area contributed by atoms with E-state index in [-0.39, 0.29) is 0 Å². The summed E-state index contributed by atoms with van der Waals surface area (Å²) < 4.78 is 2.38. The van der Waals surface area contributed by atoms with Gasteiger partial charge in [0.15, 0.2) is 0 Å². The van der Waals surface area contributed by atoms with Gasteiger partial charge in [-0.05, 0) is 104 Å². The van der Waals surface area contributed by atoms with Crippen LogP contribution in [0.4, 0.5) is 17.1 Å². The summed E-state index contributed by atoms with van der Waals surface area (Å²) >= 11 is 0. The molecule has 0 radical (unpaired) electrons. The number of nitrogens with zero attached hydrogens (tertiary/aromatic N) is 2. The Morgan fingerprint density at radius 3 is 1.50 bits per heavy atom. The number of rotatable bonds is 8. The highest BCUT2D eigenvalue weighted by Gasteiger charge is 2.23. The molecule has 2 heteroatoms. The molecule has 0 saturated carbocycles. The lowest BCUT2D eigenvalue weighted by atomic mass is 9.84. The fourth-order valence-electron chi connectivity index (χ4n) is 9.09. The summed E-state index contributed by atoms with van der Waals surface area (Å²) in [6.07, 6.45) is 0. The van der Waals surface area contributed by atoms with Crippen LogP contribution < -0.4 is 4.90 Å². The van der Waals surface area contributed by atoms with Crippen molar-refractivity contribution in [3.63, 3.8) is 0 Å². The van der Waals surface area contributed by atoms with Crippen molar-refractivity contribution in [1.82, 2.24) is 4.57 Å². The number of fused-ring (bicyclic) bond motifs is 4. The summed E-state index contributed by atoms with van der Waals surface area (Å²) in [7, 11) is 0. The van der Waals surface area contributed by atoms with Gasteiger partial charge >= 0.3 is 0 Å². The molecule has 0 atom stereocenters. The quantitative estimate of drug-likeness (QED) is 0.150. The predicted octanol–water partition coefficient (Wildman–Crippen LogP) is 16.1. The molecule has 0 saturated heterocycles. The predicted molar refractivity (Wildman–Crippen MR) is 255 cm³/mol. The molecule has 1 heterocycles. The van der Waals surface area contributed by atoms with Crippen molar-refractivity contribution in [3.8, 4) is 50.2 Å². The van der Waals surface area contributed by atoms with Crippen molar-refractivity contribution in [2.75, 3.05) is 4.90 Å². The van der Waals surface area contributed by atoms with Crippen LogP contribution in [-0.2, 0) is 0 Å². The van der Waals surface area contributed by atoms with E-state index in [1.807, 2.05) is 0 Å². The Morgan fingerprint density at radius 1 is 0.300 bits per heavy atom. The fraction of sp³-hybridized carbons (Fsp3) is 0. The Morgan fingerprint density at radius 2 is 0.800 bits per heavy atom. The van der Waals surface area contributed by atoms with Gasteiger partial charge in [-0.1, -0.05) is 188 Å². The summed E-state index contributed by atoms with van der Waals surface area (Å²) in [4.78, 5) is 2.43. The molecule has 11 aromatic rings. The first-order chi connectivity index (χ1) is 29.8. The smallest absolute Gasteiger partial charge is 0.0541 e. The number of anilines is 3. The van der Waals surface area contributed by atoms with Gasteiger partial charge in [0.1, 0.15) is 0 Å². The van der Waals surface area contributed by atoms with Crippen LogP contribution in [0.2, 0.25) is 0 Å². The Labute approximate surface area is 350 Å². The molecule has 0 amide bonds. The van der Waals surface area contributed by atoms with Gasteiger partial charge in [0.25, 0.3) is 0 Å². The van der Waals surface area contributed by atoms with Crippen molar-refractivity contribution < 1.29 is 0 Å². The second kappa shape index (κ2) is 15.1. The number of hydrogen-bond donors (Lipinski definition) is 0. The maximum absolute atomic E-state index is 2.43. The first-order valence-corrected chi connectivity index (χ1v) is 20.6. The molecule has 11 rings (SSSR count). The SMILES string of the molecule is c1ccc(-c2ccccc2-c2c(-c3ccccc3)cccc2-c2ccccc2N(c2ccc(-n3c4ccccc4c4ccccc43)cc2)c2ccc3ccccc3c2)cc1. The van der Waals surface area contributed by atoms with Crippen LogP contribution in [0.1, 0.15) is 0 Å². The van der Waals surface area contributed by atoms with E-state index in [4.69, 9.17) is 0 Å². The number of aromatic nitrogens is 1. The minimum Gasteiger partial charge on any atom is -0.310 e. The molecule has 0 spiro atoms. The van der Waals surface area contributed by atoms with Gasteiger partial charge in [0.05, 0.1) is 16.7 Å². The summed E-state index contributed by atoms with van der Waals surface area (Å²) in [6.45, 7) is 0. The van der Waals surface area contributed by atoms with Crippen LogP contribution in [0.3, 0.4) is 0 Å². The zero-order valence-electron chi connectivity index (χ0n) is 33.0. The summed E-state index contributed by atoms with van der Waals surface area (Å²) in [5.74, 6) is 0. The largest absolute Gasteiger partial charge is 0.310 e. The monoisotopic (exact) mass is 764 g/mol. The average molecular weight is 765 g/mol. The average Bonchev–Trinajstić information content (AvgIpc) is 3.67. The maximum atomic E-state index is 2.43. The van der Waals surface area contributed by atoms with Gasteiger partial charge in [-0.2, -0.15) is 0 Å². The molecule has 0 N–H and O–H groups in total. The van der Waals surface area contributed by atoms with E-state index in [0.717, 1.165) is 28.3 Å². The van der Waals surface area contributed by atoms with Crippen LogP contribution >= 0.6 is 0 Å². The Kier molecular flexibility index (Phi) is 8.87. The summed E-state index contributed by atoms with van der Waals surface area (Å²) in [5.41, 5.74) is 16.3. The van der Waals surface area contributed by atoms with E-state index in [9.17, 15) is 0 Å². The van der Waals surface area contributed by atoms with E-state index < -0.39 is 0 Å². The molecular weight excluding hydrogens is 725 g/mol. The van der Waals surface area contributed by atoms with E-state index >= 15 is 0 Å². The standard InChI is InChI=1S/C58H40N2/c1-3-19-42(20-4-1)48-24-9-10-28-53(48)58-49(43-21-5-2-6-22-43)29-17-30-54(58)52-27-13-14-31-55(52)59(47-35-34-41-18-7-8-23-44(41)40-47)45-36-38-46(39-37-45)60-56-32-15-11-25-50(56)51-26-12-16-33-57(51)60/h1-40H. The first kappa shape index (κ1) is 35.2. The van der Waals surface area contributed by atoms with Gasteiger partial charge in [-0.25, -0.2) is 0 Å². The minimum absolute atomic E-state index is 1.08. The molecule has 10 aromatic carbocycles. The van der Waals surface area contributed by atoms with Gasteiger partial charge in [0.2, 0.25) is 0 Å². The molecule has 282 valence electrons. The maximum Gasteiger partial charge on any atom is 0.0541 e. The van der Waals surface area contributed by atoms with Crippen molar-refractivity contribution >= 4 is 49.6 Å². The van der Waals surface area contributed by atoms with Crippen LogP contribution in [0, 0.1) is 0 Å². The van der Waals surface area contributed by atoms with Crippen LogP contribution in [-0.4, -0.2) is 4.57 Å². The summed E-state index contributed by atoms with van der Waals surface area (Å²) in [6, 6.07) is 88.0. The lowest BCUT2D eigenvalue weighted by molar-refractivity contribution is 1.17. The van der Waals surface area contributed by atoms with Crippen LogP contribution in [0.5, 0.6) is 0 Å². The third-order valence-electron chi connectivity index (χ3n) is 11.8. The Balaban J connectivity index is 1.14. The lowest BCUT2D eigenvalue weighted by Crippen LogP contribution is -2.11. The van der Waals surface area contributed by atoms with Gasteiger partial charge in [0, 0.05) is 33.4 Å². The topological polar surface area (TPSA) is 8.17 Å². The minimum atomic E-state index is 1.08. The van der Waals surface area contributed by atoms with E-state index in [1.54, 1.807) is 0 Å². The summed E-state index contributed by atoms with van der Waals surface area (Å²) in [5, 5.41) is 4.92. The van der Waals surface area contributed by atoms with Gasteiger partial charge in [-0.3, -0.25) is 0 Å². The molecule has 0 aliphatic heterocycles. The highest BCUT2D eigenvalue weighted by Crippen LogP contribution is 2.48. The molecule has 0 aliphatic rings. The van der Waals surface area contributed by atoms with Crippen molar-refractivity contribution in [1.29, 1.82) is 0 Å².